The SMILES string of the molecule is Cc1cnc(CN(C)Cc2ccc(-c3nc(-c4ccoc4)cc(=O)[nH]3)cc2)[nH]1. The van der Waals surface area contributed by atoms with Gasteiger partial charge in [0.25, 0.3) is 5.56 Å². The van der Waals surface area contributed by atoms with E-state index in [1.807, 2.05) is 37.4 Å². The monoisotopic (exact) mass is 375 g/mol. The molecule has 7 nitrogen and oxygen atoms in total. The Labute approximate surface area is 162 Å². The van der Waals surface area contributed by atoms with Crippen molar-refractivity contribution >= 4 is 0 Å². The molecule has 0 aliphatic carbocycles. The van der Waals surface area contributed by atoms with Crippen LogP contribution in [0.25, 0.3) is 22.6 Å². The predicted octanol–water partition coefficient (Wildman–Crippen LogP) is 3.36. The lowest BCUT2D eigenvalue weighted by Crippen LogP contribution is -2.18. The zero-order valence-electron chi connectivity index (χ0n) is 15.8. The van der Waals surface area contributed by atoms with Crippen molar-refractivity contribution in [1.82, 2.24) is 24.8 Å². The van der Waals surface area contributed by atoms with Gasteiger partial charge in [0.2, 0.25) is 0 Å². The summed E-state index contributed by atoms with van der Waals surface area (Å²) in [7, 11) is 2.05. The fourth-order valence-electron chi connectivity index (χ4n) is 3.09. The number of imidazole rings is 1. The molecule has 0 bridgehead atoms. The number of nitrogens with one attached hydrogen (secondary N) is 2. The maximum atomic E-state index is 12.0. The van der Waals surface area contributed by atoms with Gasteiger partial charge in [-0.2, -0.15) is 0 Å². The van der Waals surface area contributed by atoms with Gasteiger partial charge in [0.1, 0.15) is 11.6 Å². The van der Waals surface area contributed by atoms with E-state index in [4.69, 9.17) is 4.42 Å². The van der Waals surface area contributed by atoms with Crippen LogP contribution >= 0.6 is 0 Å². The second-order valence-corrected chi connectivity index (χ2v) is 6.87. The fourth-order valence-corrected chi connectivity index (χ4v) is 3.09. The molecule has 0 amide bonds. The number of H-pyrrole nitrogens is 2. The van der Waals surface area contributed by atoms with Crippen molar-refractivity contribution in [3.63, 3.8) is 0 Å². The van der Waals surface area contributed by atoms with Crippen molar-refractivity contribution in [3.8, 4) is 22.6 Å². The summed E-state index contributed by atoms with van der Waals surface area (Å²) in [6.07, 6.45) is 4.97. The van der Waals surface area contributed by atoms with Gasteiger partial charge in [0, 0.05) is 35.6 Å². The molecular weight excluding hydrogens is 354 g/mol. The van der Waals surface area contributed by atoms with Crippen LogP contribution in [0.15, 0.2) is 64.3 Å². The average Bonchev–Trinajstić information content (AvgIpc) is 3.34. The van der Waals surface area contributed by atoms with Crippen molar-refractivity contribution in [2.75, 3.05) is 7.05 Å². The molecule has 0 aliphatic heterocycles. The van der Waals surface area contributed by atoms with E-state index in [1.54, 1.807) is 18.6 Å². The third-order valence-corrected chi connectivity index (χ3v) is 4.41. The number of nitrogens with zero attached hydrogens (tertiary/aromatic N) is 3. The molecule has 0 fully saturated rings. The normalized spacial score (nSPS) is 11.2. The summed E-state index contributed by atoms with van der Waals surface area (Å²) in [5.41, 5.74) is 4.26. The van der Waals surface area contributed by atoms with E-state index in [-0.39, 0.29) is 5.56 Å². The van der Waals surface area contributed by atoms with Crippen LogP contribution in [0.2, 0.25) is 0 Å². The second kappa shape index (κ2) is 7.66. The van der Waals surface area contributed by atoms with Gasteiger partial charge < -0.3 is 14.4 Å². The zero-order chi connectivity index (χ0) is 19.5. The van der Waals surface area contributed by atoms with Gasteiger partial charge in [0.15, 0.2) is 0 Å². The third-order valence-electron chi connectivity index (χ3n) is 4.41. The highest BCUT2D eigenvalue weighted by Crippen LogP contribution is 2.20. The summed E-state index contributed by atoms with van der Waals surface area (Å²) in [6, 6.07) is 11.3. The highest BCUT2D eigenvalue weighted by molar-refractivity contribution is 5.62. The van der Waals surface area contributed by atoms with E-state index >= 15 is 0 Å². The Morgan fingerprint density at radius 2 is 1.89 bits per heavy atom. The highest BCUT2D eigenvalue weighted by atomic mass is 16.3. The van der Waals surface area contributed by atoms with Gasteiger partial charge in [-0.3, -0.25) is 9.69 Å². The van der Waals surface area contributed by atoms with Crippen molar-refractivity contribution in [2.45, 2.75) is 20.0 Å². The molecule has 28 heavy (non-hydrogen) atoms. The molecule has 0 saturated heterocycles. The fraction of sp³-hybridized carbons (Fsp3) is 0.190. The molecule has 1 aromatic carbocycles. The number of rotatable bonds is 6. The number of aromatic amines is 2. The Bertz CT molecular complexity index is 1110. The van der Waals surface area contributed by atoms with E-state index in [1.165, 1.54) is 11.6 Å². The Hall–Kier alpha value is -3.45. The number of furan rings is 1. The number of hydrogen-bond acceptors (Lipinski definition) is 5. The van der Waals surface area contributed by atoms with Gasteiger partial charge in [-0.1, -0.05) is 24.3 Å². The largest absolute Gasteiger partial charge is 0.472 e. The van der Waals surface area contributed by atoms with Crippen molar-refractivity contribution < 1.29 is 4.42 Å². The topological polar surface area (TPSA) is 90.8 Å². The first kappa shape index (κ1) is 17.9. The lowest BCUT2D eigenvalue weighted by molar-refractivity contribution is 0.311. The molecule has 4 rings (SSSR count). The Morgan fingerprint density at radius 1 is 1.07 bits per heavy atom. The van der Waals surface area contributed by atoms with Gasteiger partial charge in [-0.25, -0.2) is 9.97 Å². The molecule has 3 heterocycles. The zero-order valence-corrected chi connectivity index (χ0v) is 15.8. The van der Waals surface area contributed by atoms with Crippen LogP contribution in [0.4, 0.5) is 0 Å². The predicted molar refractivity (Wildman–Crippen MR) is 106 cm³/mol. The Balaban J connectivity index is 1.49. The van der Waals surface area contributed by atoms with Crippen molar-refractivity contribution in [3.05, 3.63) is 82.6 Å². The van der Waals surface area contributed by atoms with Gasteiger partial charge >= 0.3 is 0 Å². The lowest BCUT2D eigenvalue weighted by Gasteiger charge is -2.15. The highest BCUT2D eigenvalue weighted by Gasteiger charge is 2.08. The molecule has 0 saturated carbocycles. The summed E-state index contributed by atoms with van der Waals surface area (Å²) in [4.78, 5) is 29.2. The molecule has 0 atom stereocenters. The van der Waals surface area contributed by atoms with Crippen LogP contribution in [-0.4, -0.2) is 31.9 Å². The standard InChI is InChI=1S/C21H21N5O2/c1-14-10-22-19(23-14)12-26(2)11-15-3-5-16(6-4-15)21-24-18(9-20(27)25-21)17-7-8-28-13-17/h3-10,13H,11-12H2,1-2H3,(H,22,23)(H,24,25,27). The molecule has 0 unspecified atom stereocenters. The van der Waals surface area contributed by atoms with Crippen LogP contribution < -0.4 is 5.56 Å². The maximum Gasteiger partial charge on any atom is 0.251 e. The van der Waals surface area contributed by atoms with Crippen LogP contribution in [-0.2, 0) is 13.1 Å². The molecule has 0 aliphatic rings. The Kier molecular flexibility index (Phi) is 4.90. The molecule has 7 heteroatoms. The number of hydrogen-bond donors (Lipinski definition) is 2. The van der Waals surface area contributed by atoms with E-state index in [0.29, 0.717) is 11.5 Å². The first-order valence-corrected chi connectivity index (χ1v) is 8.99. The molecule has 0 spiro atoms. The van der Waals surface area contributed by atoms with Crippen LogP contribution in [0.5, 0.6) is 0 Å². The molecule has 4 aromatic rings. The van der Waals surface area contributed by atoms with E-state index in [9.17, 15) is 4.79 Å². The minimum Gasteiger partial charge on any atom is -0.472 e. The summed E-state index contributed by atoms with van der Waals surface area (Å²) in [5.74, 6) is 1.49. The summed E-state index contributed by atoms with van der Waals surface area (Å²) in [5, 5.41) is 0. The first-order valence-electron chi connectivity index (χ1n) is 8.99. The van der Waals surface area contributed by atoms with Gasteiger partial charge in [-0.15, -0.1) is 0 Å². The quantitative estimate of drug-likeness (QED) is 0.539. The van der Waals surface area contributed by atoms with E-state index in [2.05, 4.69) is 31.9 Å². The number of aryl methyl sites for hydroxylation is 1. The summed E-state index contributed by atoms with van der Waals surface area (Å²) in [6.45, 7) is 3.53. The van der Waals surface area contributed by atoms with Crippen LogP contribution in [0.3, 0.4) is 0 Å². The third kappa shape index (κ3) is 4.10. The van der Waals surface area contributed by atoms with Gasteiger partial charge in [-0.05, 0) is 25.6 Å². The van der Waals surface area contributed by atoms with E-state index < -0.39 is 0 Å². The summed E-state index contributed by atoms with van der Waals surface area (Å²) >= 11 is 0. The van der Waals surface area contributed by atoms with Crippen LogP contribution in [0, 0.1) is 6.92 Å². The molecule has 0 radical (unpaired) electrons. The molecule has 2 N–H and O–H groups in total. The first-order chi connectivity index (χ1) is 13.6. The summed E-state index contributed by atoms with van der Waals surface area (Å²) < 4.78 is 5.09. The minimum atomic E-state index is -0.196. The van der Waals surface area contributed by atoms with Gasteiger partial charge in [0.05, 0.1) is 24.8 Å². The lowest BCUT2D eigenvalue weighted by atomic mass is 10.1. The van der Waals surface area contributed by atoms with E-state index in [0.717, 1.165) is 35.7 Å². The molecule has 3 aromatic heterocycles. The van der Waals surface area contributed by atoms with Crippen LogP contribution in [0.1, 0.15) is 17.1 Å². The minimum absolute atomic E-state index is 0.196. The molecule has 142 valence electrons. The second-order valence-electron chi connectivity index (χ2n) is 6.87. The average molecular weight is 375 g/mol. The Morgan fingerprint density at radius 3 is 2.57 bits per heavy atom. The molecular formula is C21H21N5O2. The number of aromatic nitrogens is 4. The maximum absolute atomic E-state index is 12.0. The number of benzene rings is 1. The van der Waals surface area contributed by atoms with Crippen molar-refractivity contribution in [1.29, 1.82) is 0 Å². The smallest absolute Gasteiger partial charge is 0.251 e. The van der Waals surface area contributed by atoms with Crippen molar-refractivity contribution in [2.24, 2.45) is 0 Å².